The molecule has 0 aliphatic heterocycles. The molecule has 254 valence electrons. The zero-order valence-corrected chi connectivity index (χ0v) is 20.4. The third-order valence-electron chi connectivity index (χ3n) is 5.41. The van der Waals surface area contributed by atoms with Crippen LogP contribution in [0.3, 0.4) is 0 Å². The standard InChI is InChI=1S/C18H19F21N2O/c1-41(2)5-3-4-40-7-8(42)6-9(19,20)10(21,22)11(23,24)12(25,26)13(27,28)14(29,30)15(31,32)16(33,34)17(35,36)18(37,38)39/h8,40,42H,3-7H2,1-2H3. The van der Waals surface area contributed by atoms with Gasteiger partial charge in [0.05, 0.1) is 6.10 Å². The highest BCUT2D eigenvalue weighted by atomic mass is 19.4. The maximum Gasteiger partial charge on any atom is 0.460 e. The molecule has 0 fully saturated rings. The summed E-state index contributed by atoms with van der Waals surface area (Å²) in [6.07, 6.45) is -13.8. The molecule has 2 N–H and O–H groups in total. The van der Waals surface area contributed by atoms with E-state index in [2.05, 4.69) is 5.32 Å². The molecule has 0 aromatic heterocycles. The highest BCUT2D eigenvalue weighted by Gasteiger charge is 2.97. The van der Waals surface area contributed by atoms with E-state index in [4.69, 9.17) is 0 Å². The number of halogens is 21. The number of aliphatic hydroxyl groups excluding tert-OH is 1. The first-order chi connectivity index (χ1) is 18.1. The Balaban J connectivity index is 6.49. The second kappa shape index (κ2) is 11.7. The minimum Gasteiger partial charge on any atom is -0.392 e. The molecule has 0 heterocycles. The van der Waals surface area contributed by atoms with Crippen molar-refractivity contribution in [2.24, 2.45) is 0 Å². The van der Waals surface area contributed by atoms with Crippen LogP contribution in [0.4, 0.5) is 92.2 Å². The van der Waals surface area contributed by atoms with E-state index >= 15 is 0 Å². The normalized spacial score (nSPS) is 16.8. The SMILES string of the molecule is CN(C)CCCNCC(O)CC(F)(F)C(F)(F)C(F)(F)C(F)(F)C(F)(F)C(F)(F)C(F)(F)C(F)(F)C(F)(F)C(F)(F)F. The first-order valence-corrected chi connectivity index (χ1v) is 10.6. The van der Waals surface area contributed by atoms with Gasteiger partial charge < -0.3 is 15.3 Å². The monoisotopic (exact) mass is 678 g/mol. The van der Waals surface area contributed by atoms with Gasteiger partial charge in [-0.3, -0.25) is 0 Å². The third kappa shape index (κ3) is 6.29. The summed E-state index contributed by atoms with van der Waals surface area (Å²) in [6.45, 7) is -1.11. The zero-order valence-electron chi connectivity index (χ0n) is 20.4. The van der Waals surface area contributed by atoms with E-state index in [9.17, 15) is 97.3 Å². The quantitative estimate of drug-likeness (QED) is 0.144. The van der Waals surface area contributed by atoms with Crippen molar-refractivity contribution in [2.75, 3.05) is 33.7 Å². The average Bonchev–Trinajstić information content (AvgIpc) is 2.76. The number of alkyl halides is 21. The largest absolute Gasteiger partial charge is 0.460 e. The molecule has 42 heavy (non-hydrogen) atoms. The van der Waals surface area contributed by atoms with Crippen LogP contribution in [-0.2, 0) is 0 Å². The highest BCUT2D eigenvalue weighted by molar-refractivity contribution is 5.18. The molecule has 0 rings (SSSR count). The molecule has 1 atom stereocenters. The number of rotatable bonds is 16. The van der Waals surface area contributed by atoms with Gasteiger partial charge >= 0.3 is 59.5 Å². The van der Waals surface area contributed by atoms with Crippen molar-refractivity contribution in [1.82, 2.24) is 10.2 Å². The number of nitrogens with one attached hydrogen (secondary N) is 1. The van der Waals surface area contributed by atoms with Crippen molar-refractivity contribution in [3.63, 3.8) is 0 Å². The molecular weight excluding hydrogens is 659 g/mol. The van der Waals surface area contributed by atoms with Crippen LogP contribution in [0, 0.1) is 0 Å². The van der Waals surface area contributed by atoms with Crippen LogP contribution in [0.5, 0.6) is 0 Å². The lowest BCUT2D eigenvalue weighted by Crippen LogP contribution is -2.76. The van der Waals surface area contributed by atoms with Crippen molar-refractivity contribution in [1.29, 1.82) is 0 Å². The van der Waals surface area contributed by atoms with E-state index in [1.54, 1.807) is 4.90 Å². The first-order valence-electron chi connectivity index (χ1n) is 10.6. The Morgan fingerprint density at radius 1 is 0.524 bits per heavy atom. The smallest absolute Gasteiger partial charge is 0.392 e. The van der Waals surface area contributed by atoms with Gasteiger partial charge in [-0.1, -0.05) is 0 Å². The summed E-state index contributed by atoms with van der Waals surface area (Å²) in [7, 11) is 3.08. The summed E-state index contributed by atoms with van der Waals surface area (Å²) >= 11 is 0. The molecule has 0 aromatic rings. The third-order valence-corrected chi connectivity index (χ3v) is 5.41. The Kier molecular flexibility index (Phi) is 11.3. The summed E-state index contributed by atoms with van der Waals surface area (Å²) in [6, 6.07) is 0. The van der Waals surface area contributed by atoms with Gasteiger partial charge in [0.1, 0.15) is 0 Å². The Hall–Kier alpha value is -1.59. The van der Waals surface area contributed by atoms with Crippen molar-refractivity contribution < 1.29 is 97.3 Å². The second-order valence-electron chi connectivity index (χ2n) is 9.02. The molecule has 1 unspecified atom stereocenters. The van der Waals surface area contributed by atoms with E-state index < -0.39 is 78.5 Å². The Bertz CT molecular complexity index is 898. The fourth-order valence-corrected chi connectivity index (χ4v) is 2.88. The van der Waals surface area contributed by atoms with Crippen LogP contribution in [0.15, 0.2) is 0 Å². The van der Waals surface area contributed by atoms with Crippen LogP contribution >= 0.6 is 0 Å². The van der Waals surface area contributed by atoms with E-state index in [1.165, 1.54) is 14.1 Å². The summed E-state index contributed by atoms with van der Waals surface area (Å²) in [5.41, 5.74) is 0. The van der Waals surface area contributed by atoms with Crippen LogP contribution < -0.4 is 5.32 Å². The Labute approximate surface area is 221 Å². The predicted molar refractivity (Wildman–Crippen MR) is 97.2 cm³/mol. The van der Waals surface area contributed by atoms with Crippen molar-refractivity contribution in [3.05, 3.63) is 0 Å². The molecule has 0 spiro atoms. The highest BCUT2D eigenvalue weighted by Crippen LogP contribution is 2.66. The van der Waals surface area contributed by atoms with Crippen LogP contribution in [-0.4, -0.2) is 109 Å². The molecule has 0 aromatic carbocycles. The lowest BCUT2D eigenvalue weighted by Gasteiger charge is -2.44. The lowest BCUT2D eigenvalue weighted by atomic mass is 9.85. The molecule has 0 aliphatic carbocycles. The van der Waals surface area contributed by atoms with Gasteiger partial charge in [-0.25, -0.2) is 0 Å². The van der Waals surface area contributed by atoms with Crippen LogP contribution in [0.2, 0.25) is 0 Å². The minimum atomic E-state index is -9.20. The summed E-state index contributed by atoms with van der Waals surface area (Å²) < 4.78 is 280. The van der Waals surface area contributed by atoms with Crippen molar-refractivity contribution in [2.45, 2.75) is 78.4 Å². The van der Waals surface area contributed by atoms with E-state index in [-0.39, 0.29) is 19.5 Å². The molecular formula is C18H19F21N2O. The topological polar surface area (TPSA) is 35.5 Å². The van der Waals surface area contributed by atoms with E-state index in [1.807, 2.05) is 0 Å². The van der Waals surface area contributed by atoms with Gasteiger partial charge in [0, 0.05) is 13.0 Å². The van der Waals surface area contributed by atoms with Gasteiger partial charge in [-0.15, -0.1) is 0 Å². The Morgan fingerprint density at radius 3 is 1.14 bits per heavy atom. The zero-order chi connectivity index (χ0) is 34.4. The van der Waals surface area contributed by atoms with Gasteiger partial charge in [0.25, 0.3) is 0 Å². The van der Waals surface area contributed by atoms with Crippen molar-refractivity contribution in [3.8, 4) is 0 Å². The minimum absolute atomic E-state index is 0.165. The molecule has 0 radical (unpaired) electrons. The molecule has 0 saturated carbocycles. The summed E-state index contributed by atoms with van der Waals surface area (Å²) in [5, 5.41) is 11.4. The molecule has 0 saturated heterocycles. The fourth-order valence-electron chi connectivity index (χ4n) is 2.88. The average molecular weight is 678 g/mol. The van der Waals surface area contributed by atoms with Crippen molar-refractivity contribution >= 4 is 0 Å². The number of nitrogens with zero attached hydrogens (tertiary/aromatic N) is 1. The molecule has 0 aliphatic rings. The van der Waals surface area contributed by atoms with Gasteiger partial charge in [0.2, 0.25) is 0 Å². The van der Waals surface area contributed by atoms with Crippen LogP contribution in [0.25, 0.3) is 0 Å². The lowest BCUT2D eigenvalue weighted by molar-refractivity contribution is -0.474. The number of hydrogen-bond donors (Lipinski definition) is 2. The molecule has 24 heteroatoms. The van der Waals surface area contributed by atoms with Gasteiger partial charge in [-0.05, 0) is 33.6 Å². The molecule has 0 bridgehead atoms. The maximum atomic E-state index is 13.9. The predicted octanol–water partition coefficient (Wildman–Crippen LogP) is 6.56. The maximum absolute atomic E-state index is 13.9. The first kappa shape index (κ1) is 40.4. The molecule has 3 nitrogen and oxygen atoms in total. The second-order valence-corrected chi connectivity index (χ2v) is 9.02. The van der Waals surface area contributed by atoms with Gasteiger partial charge in [0.15, 0.2) is 0 Å². The summed E-state index contributed by atoms with van der Waals surface area (Å²) in [4.78, 5) is 1.55. The number of hydrogen-bond acceptors (Lipinski definition) is 3. The van der Waals surface area contributed by atoms with E-state index in [0.717, 1.165) is 0 Å². The van der Waals surface area contributed by atoms with Crippen LogP contribution in [0.1, 0.15) is 12.8 Å². The van der Waals surface area contributed by atoms with Gasteiger partial charge in [-0.2, -0.15) is 92.2 Å². The fraction of sp³-hybridized carbons (Fsp3) is 1.00. The Morgan fingerprint density at radius 2 is 0.833 bits per heavy atom. The molecule has 0 amide bonds. The number of aliphatic hydroxyl groups is 1. The summed E-state index contributed by atoms with van der Waals surface area (Å²) in [5.74, 6) is -77.4. The van der Waals surface area contributed by atoms with E-state index in [0.29, 0.717) is 0 Å².